The first kappa shape index (κ1) is 6.71. The summed E-state index contributed by atoms with van der Waals surface area (Å²) in [4.78, 5) is 11.2. The maximum Gasteiger partial charge on any atom is 0.326 e. The minimum atomic E-state index is -0.279. The van der Waals surface area contributed by atoms with Gasteiger partial charge in [0, 0.05) is 0 Å². The molecule has 60 valence electrons. The molecule has 0 aromatic rings. The van der Waals surface area contributed by atoms with Gasteiger partial charge in [0.25, 0.3) is 0 Å². The molecule has 0 amide bonds. The Labute approximate surface area is 81.9 Å². The van der Waals surface area contributed by atoms with Gasteiger partial charge in [-0.05, 0) is 34.7 Å². The number of hydrogen-bond acceptors (Lipinski definition) is 3. The summed E-state index contributed by atoms with van der Waals surface area (Å²) in [5.74, 6) is 1.53. The lowest BCUT2D eigenvalue weighted by Crippen LogP contribution is -2.05. The quantitative estimate of drug-likeness (QED) is 0.497. The minimum Gasteiger partial charge on any atom is -0.457 e. The first-order chi connectivity index (χ1) is 5.75. The molecule has 3 heterocycles. The fourth-order valence-electron chi connectivity index (χ4n) is 1.48. The van der Waals surface area contributed by atoms with Crippen LogP contribution in [-0.4, -0.2) is 5.97 Å². The van der Waals surface area contributed by atoms with Crippen LogP contribution in [0.5, 0.6) is 0 Å². The molecule has 3 rings (SSSR count). The Kier molecular flexibility index (Phi) is 1.08. The molecule has 4 heteroatoms. The van der Waals surface area contributed by atoms with Gasteiger partial charge in [-0.1, -0.05) is 0 Å². The second kappa shape index (κ2) is 1.93. The van der Waals surface area contributed by atoms with Crippen molar-refractivity contribution in [1.82, 2.24) is 0 Å². The molecule has 3 aliphatic heterocycles. The highest BCUT2D eigenvalue weighted by molar-refractivity contribution is 14.1. The van der Waals surface area contributed by atoms with E-state index in [0.29, 0.717) is 11.5 Å². The molecule has 1 atom stereocenters. The van der Waals surface area contributed by atoms with Crippen LogP contribution >= 0.6 is 22.6 Å². The summed E-state index contributed by atoms with van der Waals surface area (Å²) in [5.41, 5.74) is 0. The van der Waals surface area contributed by atoms with Crippen LogP contribution in [0.25, 0.3) is 0 Å². The maximum absolute atomic E-state index is 11.2. The van der Waals surface area contributed by atoms with Gasteiger partial charge in [0.05, 0.1) is 3.58 Å². The van der Waals surface area contributed by atoms with E-state index in [0.717, 1.165) is 9.34 Å². The van der Waals surface area contributed by atoms with Gasteiger partial charge in [-0.3, -0.25) is 4.79 Å². The molecule has 1 unspecified atom stereocenters. The van der Waals surface area contributed by atoms with E-state index < -0.39 is 0 Å². The Hall–Kier alpha value is -0.780. The summed E-state index contributed by atoms with van der Waals surface area (Å²) in [6.45, 7) is 0. The second-order valence-electron chi connectivity index (χ2n) is 2.76. The molecular formula is C8H3IO3. The number of ether oxygens (including phenoxy) is 2. The van der Waals surface area contributed by atoms with Crippen LogP contribution in [-0.2, 0) is 14.3 Å². The predicted octanol–water partition coefficient (Wildman–Crippen LogP) is 1.62. The number of esters is 1. The Bertz CT molecular complexity index is 389. The molecule has 3 aliphatic rings. The summed E-state index contributed by atoms with van der Waals surface area (Å²) in [5, 5.41) is 0. The number of rotatable bonds is 0. The molecule has 0 saturated heterocycles. The van der Waals surface area contributed by atoms with Crippen LogP contribution in [0.1, 0.15) is 0 Å². The highest BCUT2D eigenvalue weighted by atomic mass is 127. The van der Waals surface area contributed by atoms with Gasteiger partial charge < -0.3 is 9.47 Å². The van der Waals surface area contributed by atoms with Crippen molar-refractivity contribution in [3.8, 4) is 0 Å². The van der Waals surface area contributed by atoms with Gasteiger partial charge >= 0.3 is 5.97 Å². The lowest BCUT2D eigenvalue weighted by atomic mass is 10.1. The average Bonchev–Trinajstić information content (AvgIpc) is 2.48. The largest absolute Gasteiger partial charge is 0.457 e. The molecule has 0 aromatic carbocycles. The van der Waals surface area contributed by atoms with Crippen molar-refractivity contribution in [3.63, 3.8) is 0 Å². The van der Waals surface area contributed by atoms with Crippen LogP contribution < -0.4 is 0 Å². The van der Waals surface area contributed by atoms with E-state index >= 15 is 0 Å². The van der Waals surface area contributed by atoms with Gasteiger partial charge in [0.1, 0.15) is 11.7 Å². The smallest absolute Gasteiger partial charge is 0.326 e. The van der Waals surface area contributed by atoms with Crippen molar-refractivity contribution in [2.75, 3.05) is 0 Å². The van der Waals surface area contributed by atoms with Crippen molar-refractivity contribution < 1.29 is 14.3 Å². The zero-order valence-corrected chi connectivity index (χ0v) is 7.99. The minimum absolute atomic E-state index is 0.225. The molecule has 0 radical (unpaired) electrons. The monoisotopic (exact) mass is 274 g/mol. The van der Waals surface area contributed by atoms with Crippen LogP contribution in [0.2, 0.25) is 0 Å². The molecule has 0 N–H and O–H groups in total. The van der Waals surface area contributed by atoms with Gasteiger partial charge in [-0.25, -0.2) is 0 Å². The van der Waals surface area contributed by atoms with Crippen LogP contribution in [0.4, 0.5) is 0 Å². The summed E-state index contributed by atoms with van der Waals surface area (Å²) < 4.78 is 11.3. The van der Waals surface area contributed by atoms with Crippen LogP contribution in [0.15, 0.2) is 33.0 Å². The van der Waals surface area contributed by atoms with E-state index in [1.807, 2.05) is 6.08 Å². The Balaban J connectivity index is 2.26. The number of carbonyl (C=O) groups excluding carboxylic acids is 1. The average molecular weight is 274 g/mol. The van der Waals surface area contributed by atoms with E-state index in [2.05, 4.69) is 22.6 Å². The number of hydrogen-bond donors (Lipinski definition) is 0. The van der Waals surface area contributed by atoms with Crippen molar-refractivity contribution >= 4 is 28.6 Å². The van der Waals surface area contributed by atoms with Crippen molar-refractivity contribution in [1.29, 1.82) is 0 Å². The number of fused-ring (bicyclic) bond motifs is 1. The third-order valence-corrected chi connectivity index (χ3v) is 2.81. The van der Waals surface area contributed by atoms with Crippen molar-refractivity contribution in [2.45, 2.75) is 0 Å². The standard InChI is InChI=1S/C8H3IO3/c9-5-2-3-1-4-6(11-3)7(5)12-8(4)10/h1-2,4H. The van der Waals surface area contributed by atoms with E-state index in [4.69, 9.17) is 9.47 Å². The van der Waals surface area contributed by atoms with Crippen LogP contribution in [0, 0.1) is 5.92 Å². The van der Waals surface area contributed by atoms with E-state index in [9.17, 15) is 4.79 Å². The molecule has 0 aromatic heterocycles. The summed E-state index contributed by atoms with van der Waals surface area (Å²) in [6, 6.07) is 0. The van der Waals surface area contributed by atoms with Gasteiger partial charge in [0.15, 0.2) is 11.5 Å². The fourth-order valence-corrected chi connectivity index (χ4v) is 2.16. The first-order valence-electron chi connectivity index (χ1n) is 3.49. The lowest BCUT2D eigenvalue weighted by Gasteiger charge is -2.09. The summed E-state index contributed by atoms with van der Waals surface area (Å²) in [7, 11) is 0. The maximum atomic E-state index is 11.2. The van der Waals surface area contributed by atoms with E-state index in [1.165, 1.54) is 0 Å². The number of halogens is 1. The Morgan fingerprint density at radius 1 is 1.42 bits per heavy atom. The summed E-state index contributed by atoms with van der Waals surface area (Å²) >= 11 is 2.13. The number of allylic oxidation sites excluding steroid dienone is 2. The molecule has 3 nitrogen and oxygen atoms in total. The van der Waals surface area contributed by atoms with Crippen molar-refractivity contribution in [3.05, 3.63) is 33.0 Å². The van der Waals surface area contributed by atoms with Gasteiger partial charge in [-0.2, -0.15) is 0 Å². The third-order valence-electron chi connectivity index (χ3n) is 2.01. The zero-order chi connectivity index (χ0) is 8.29. The topological polar surface area (TPSA) is 35.5 Å². The SMILES string of the molecule is O=C1OC2=C3OC(=CC13)C=C2I. The second-order valence-corrected chi connectivity index (χ2v) is 3.92. The van der Waals surface area contributed by atoms with E-state index in [1.54, 1.807) is 6.08 Å². The number of carbonyl (C=O) groups is 1. The van der Waals surface area contributed by atoms with Crippen LogP contribution in [0.3, 0.4) is 0 Å². The molecule has 0 saturated carbocycles. The Morgan fingerprint density at radius 2 is 2.25 bits per heavy atom. The summed E-state index contributed by atoms with van der Waals surface area (Å²) in [6.07, 6.45) is 3.65. The third kappa shape index (κ3) is 0.639. The molecule has 12 heavy (non-hydrogen) atoms. The lowest BCUT2D eigenvalue weighted by molar-refractivity contribution is -0.138. The first-order valence-corrected chi connectivity index (χ1v) is 4.57. The zero-order valence-electron chi connectivity index (χ0n) is 5.83. The van der Waals surface area contributed by atoms with E-state index in [-0.39, 0.29) is 11.9 Å². The predicted molar refractivity (Wildman–Crippen MR) is 47.9 cm³/mol. The van der Waals surface area contributed by atoms with Crippen molar-refractivity contribution in [2.24, 2.45) is 5.92 Å². The molecular weight excluding hydrogens is 271 g/mol. The normalized spacial score (nSPS) is 29.8. The Morgan fingerprint density at radius 3 is 3.08 bits per heavy atom. The van der Waals surface area contributed by atoms with Gasteiger partial charge in [0.2, 0.25) is 0 Å². The highest BCUT2D eigenvalue weighted by Gasteiger charge is 2.44. The molecule has 0 aliphatic carbocycles. The van der Waals surface area contributed by atoms with Gasteiger partial charge in [-0.15, -0.1) is 0 Å². The molecule has 2 bridgehead atoms. The fraction of sp³-hybridized carbons (Fsp3) is 0.125. The molecule has 0 spiro atoms. The highest BCUT2D eigenvalue weighted by Crippen LogP contribution is 2.45. The molecule has 0 fully saturated rings.